The molecule has 1 aromatic heterocycles. The standard InChI is InChI=1S/C16H19ClN2OS/c17-13-7-5-12(6-8-13)9-19-10-14(11-20)18-16(19)21-15-3-1-2-4-15/h5-8,10,15,20H,1-4,9,11H2. The molecule has 112 valence electrons. The number of nitrogens with zero attached hydrogens (tertiary/aromatic N) is 2. The van der Waals surface area contributed by atoms with Crippen LogP contribution in [0.5, 0.6) is 0 Å². The first kappa shape index (κ1) is 14.9. The minimum Gasteiger partial charge on any atom is -0.390 e. The van der Waals surface area contributed by atoms with E-state index in [9.17, 15) is 5.11 Å². The van der Waals surface area contributed by atoms with Crippen molar-refractivity contribution in [3.63, 3.8) is 0 Å². The molecule has 3 rings (SSSR count). The van der Waals surface area contributed by atoms with Crippen molar-refractivity contribution in [3.05, 3.63) is 46.7 Å². The van der Waals surface area contributed by atoms with Crippen molar-refractivity contribution in [2.45, 2.75) is 49.2 Å². The second-order valence-corrected chi connectivity index (χ2v) is 7.16. The molecular weight excluding hydrogens is 304 g/mol. The lowest BCUT2D eigenvalue weighted by Crippen LogP contribution is -2.03. The van der Waals surface area contributed by atoms with Crippen molar-refractivity contribution in [2.24, 2.45) is 0 Å². The zero-order chi connectivity index (χ0) is 14.7. The maximum atomic E-state index is 9.34. The lowest BCUT2D eigenvalue weighted by molar-refractivity contribution is 0.277. The number of rotatable bonds is 5. The minimum absolute atomic E-state index is 0.00809. The number of aliphatic hydroxyl groups is 1. The Morgan fingerprint density at radius 2 is 1.95 bits per heavy atom. The highest BCUT2D eigenvalue weighted by Crippen LogP contribution is 2.34. The second-order valence-electron chi connectivity index (χ2n) is 5.45. The van der Waals surface area contributed by atoms with Gasteiger partial charge in [-0.1, -0.05) is 48.3 Å². The van der Waals surface area contributed by atoms with Gasteiger partial charge in [0.25, 0.3) is 0 Å². The molecule has 0 spiro atoms. The van der Waals surface area contributed by atoms with Crippen LogP contribution in [0.25, 0.3) is 0 Å². The lowest BCUT2D eigenvalue weighted by atomic mass is 10.2. The van der Waals surface area contributed by atoms with E-state index >= 15 is 0 Å². The normalized spacial score (nSPS) is 15.7. The van der Waals surface area contributed by atoms with E-state index in [-0.39, 0.29) is 6.61 Å². The van der Waals surface area contributed by atoms with E-state index in [1.807, 2.05) is 42.2 Å². The average Bonchev–Trinajstić information content (AvgIpc) is 3.12. The van der Waals surface area contributed by atoms with Crippen molar-refractivity contribution < 1.29 is 5.11 Å². The summed E-state index contributed by atoms with van der Waals surface area (Å²) in [6.45, 7) is 0.755. The van der Waals surface area contributed by atoms with Gasteiger partial charge < -0.3 is 9.67 Å². The first-order valence-corrected chi connectivity index (χ1v) is 8.58. The van der Waals surface area contributed by atoms with E-state index < -0.39 is 0 Å². The van der Waals surface area contributed by atoms with Gasteiger partial charge in [-0.2, -0.15) is 0 Å². The number of thioether (sulfide) groups is 1. The Morgan fingerprint density at radius 3 is 2.62 bits per heavy atom. The third-order valence-corrected chi connectivity index (χ3v) is 5.39. The van der Waals surface area contributed by atoms with Gasteiger partial charge in [0.2, 0.25) is 0 Å². The fourth-order valence-electron chi connectivity index (χ4n) is 2.68. The summed E-state index contributed by atoms with van der Waals surface area (Å²) < 4.78 is 2.14. The average molecular weight is 323 g/mol. The summed E-state index contributed by atoms with van der Waals surface area (Å²) in [6, 6.07) is 7.88. The topological polar surface area (TPSA) is 38.0 Å². The third kappa shape index (κ3) is 3.82. The number of imidazole rings is 1. The highest BCUT2D eigenvalue weighted by Gasteiger charge is 2.19. The first-order valence-electron chi connectivity index (χ1n) is 7.32. The predicted octanol–water partition coefficient (Wildman–Crippen LogP) is 4.11. The third-order valence-electron chi connectivity index (χ3n) is 3.79. The van der Waals surface area contributed by atoms with E-state index in [4.69, 9.17) is 11.6 Å². The van der Waals surface area contributed by atoms with Gasteiger partial charge in [0.05, 0.1) is 12.3 Å². The zero-order valence-corrected chi connectivity index (χ0v) is 13.4. The van der Waals surface area contributed by atoms with E-state index in [1.54, 1.807) is 0 Å². The molecule has 1 fully saturated rings. The van der Waals surface area contributed by atoms with Crippen LogP contribution in [0.3, 0.4) is 0 Å². The van der Waals surface area contributed by atoms with Crippen LogP contribution in [0.4, 0.5) is 0 Å². The molecule has 1 saturated carbocycles. The van der Waals surface area contributed by atoms with Crippen molar-refractivity contribution >= 4 is 23.4 Å². The smallest absolute Gasteiger partial charge is 0.168 e. The van der Waals surface area contributed by atoms with Crippen molar-refractivity contribution in [1.29, 1.82) is 0 Å². The van der Waals surface area contributed by atoms with Gasteiger partial charge >= 0.3 is 0 Å². The quantitative estimate of drug-likeness (QED) is 0.900. The van der Waals surface area contributed by atoms with Crippen LogP contribution < -0.4 is 0 Å². The van der Waals surface area contributed by atoms with Crippen LogP contribution in [0.15, 0.2) is 35.6 Å². The SMILES string of the molecule is OCc1cn(Cc2ccc(Cl)cc2)c(SC2CCCC2)n1. The molecule has 1 N–H and O–H groups in total. The summed E-state index contributed by atoms with van der Waals surface area (Å²) >= 11 is 7.78. The van der Waals surface area contributed by atoms with E-state index in [0.29, 0.717) is 5.25 Å². The Labute approximate surface area is 134 Å². The van der Waals surface area contributed by atoms with Crippen LogP contribution in [0, 0.1) is 0 Å². The molecule has 5 heteroatoms. The Hall–Kier alpha value is -0.970. The lowest BCUT2D eigenvalue weighted by Gasteiger charge is -2.11. The van der Waals surface area contributed by atoms with Gasteiger partial charge in [-0.05, 0) is 30.5 Å². The maximum absolute atomic E-state index is 9.34. The molecule has 1 aliphatic carbocycles. The van der Waals surface area contributed by atoms with Crippen LogP contribution in [-0.2, 0) is 13.2 Å². The van der Waals surface area contributed by atoms with Crippen LogP contribution in [0.2, 0.25) is 5.02 Å². The monoisotopic (exact) mass is 322 g/mol. The number of hydrogen-bond donors (Lipinski definition) is 1. The van der Waals surface area contributed by atoms with Gasteiger partial charge in [0.15, 0.2) is 5.16 Å². The molecule has 0 saturated heterocycles. The summed E-state index contributed by atoms with van der Waals surface area (Å²) in [7, 11) is 0. The predicted molar refractivity (Wildman–Crippen MR) is 86.8 cm³/mol. The minimum atomic E-state index is -0.00809. The molecule has 0 unspecified atom stereocenters. The number of aliphatic hydroxyl groups excluding tert-OH is 1. The molecule has 0 bridgehead atoms. The van der Waals surface area contributed by atoms with Crippen LogP contribution >= 0.6 is 23.4 Å². The highest BCUT2D eigenvalue weighted by atomic mass is 35.5. The van der Waals surface area contributed by atoms with Gasteiger partial charge in [0, 0.05) is 23.0 Å². The largest absolute Gasteiger partial charge is 0.390 e. The van der Waals surface area contributed by atoms with Gasteiger partial charge in [-0.15, -0.1) is 0 Å². The number of halogens is 1. The number of benzene rings is 1. The molecule has 1 aliphatic rings. The molecule has 0 atom stereocenters. The number of aromatic nitrogens is 2. The Kier molecular flexibility index (Phi) is 4.88. The second kappa shape index (κ2) is 6.86. The summed E-state index contributed by atoms with van der Waals surface area (Å²) in [6.07, 6.45) is 7.14. The zero-order valence-electron chi connectivity index (χ0n) is 11.8. The summed E-state index contributed by atoms with van der Waals surface area (Å²) in [5.74, 6) is 0. The molecule has 2 aromatic rings. The Bertz CT molecular complexity index is 591. The van der Waals surface area contributed by atoms with Crippen LogP contribution in [0.1, 0.15) is 36.9 Å². The maximum Gasteiger partial charge on any atom is 0.168 e. The highest BCUT2D eigenvalue weighted by molar-refractivity contribution is 7.99. The fraction of sp³-hybridized carbons (Fsp3) is 0.438. The van der Waals surface area contributed by atoms with Gasteiger partial charge in [0.1, 0.15) is 0 Å². The molecule has 3 nitrogen and oxygen atoms in total. The molecule has 0 amide bonds. The molecule has 0 radical (unpaired) electrons. The fourth-order valence-corrected chi connectivity index (χ4v) is 4.09. The van der Waals surface area contributed by atoms with Gasteiger partial charge in [-0.3, -0.25) is 0 Å². The van der Waals surface area contributed by atoms with E-state index in [1.165, 1.54) is 31.2 Å². The molecule has 1 heterocycles. The summed E-state index contributed by atoms with van der Waals surface area (Å²) in [5.41, 5.74) is 1.93. The molecule has 1 aromatic carbocycles. The van der Waals surface area contributed by atoms with Crippen LogP contribution in [-0.4, -0.2) is 19.9 Å². The Balaban J connectivity index is 1.78. The summed E-state index contributed by atoms with van der Waals surface area (Å²) in [5, 5.41) is 11.8. The Morgan fingerprint density at radius 1 is 1.24 bits per heavy atom. The molecule has 0 aliphatic heterocycles. The molecular formula is C16H19ClN2OS. The summed E-state index contributed by atoms with van der Waals surface area (Å²) in [4.78, 5) is 4.56. The van der Waals surface area contributed by atoms with Crippen molar-refractivity contribution in [1.82, 2.24) is 9.55 Å². The van der Waals surface area contributed by atoms with E-state index in [2.05, 4.69) is 9.55 Å². The van der Waals surface area contributed by atoms with E-state index in [0.717, 1.165) is 22.4 Å². The molecule has 21 heavy (non-hydrogen) atoms. The van der Waals surface area contributed by atoms with Crippen molar-refractivity contribution in [2.75, 3.05) is 0 Å². The first-order chi connectivity index (χ1) is 10.2. The number of hydrogen-bond acceptors (Lipinski definition) is 3. The van der Waals surface area contributed by atoms with Crippen molar-refractivity contribution in [3.8, 4) is 0 Å². The van der Waals surface area contributed by atoms with Gasteiger partial charge in [-0.25, -0.2) is 4.98 Å².